The number of likely N-dealkylation sites (tertiary alicyclic amines) is 1. The van der Waals surface area contributed by atoms with Crippen LogP contribution in [-0.2, 0) is 0 Å². The quantitative estimate of drug-likeness (QED) is 0.352. The Morgan fingerprint density at radius 3 is 2.20 bits per heavy atom. The first-order valence-corrected chi connectivity index (χ1v) is 4.05. The molecule has 56 valence electrons. The van der Waals surface area contributed by atoms with Gasteiger partial charge in [0.2, 0.25) is 0 Å². The van der Waals surface area contributed by atoms with Crippen molar-refractivity contribution in [2.24, 2.45) is 0 Å². The lowest BCUT2D eigenvalue weighted by molar-refractivity contribution is -0.848. The van der Waals surface area contributed by atoms with E-state index in [1.54, 1.807) is 0 Å². The third-order valence-electron chi connectivity index (χ3n) is 2.18. The van der Waals surface area contributed by atoms with Crippen LogP contribution in [-0.4, -0.2) is 24.6 Å². The Kier molecular flexibility index (Phi) is 2.34. The summed E-state index contributed by atoms with van der Waals surface area (Å²) in [5, 5.41) is 0. The highest BCUT2D eigenvalue weighted by Gasteiger charge is 2.22. The van der Waals surface area contributed by atoms with Gasteiger partial charge in [0, 0.05) is 6.92 Å². The van der Waals surface area contributed by atoms with Gasteiger partial charge in [-0.3, -0.25) is 0 Å². The number of hydrogen-bond acceptors (Lipinski definition) is 0. The van der Waals surface area contributed by atoms with Gasteiger partial charge >= 0.3 is 0 Å². The van der Waals surface area contributed by atoms with Crippen molar-refractivity contribution in [1.29, 1.82) is 0 Å². The molecule has 0 unspecified atom stereocenters. The average Bonchev–Trinajstić information content (AvgIpc) is 1.89. The zero-order chi connectivity index (χ0) is 7.45. The van der Waals surface area contributed by atoms with Crippen LogP contribution in [0.3, 0.4) is 0 Å². The van der Waals surface area contributed by atoms with E-state index in [1.165, 1.54) is 32.4 Å². The predicted molar refractivity (Wildman–Crippen MR) is 43.2 cm³/mol. The minimum absolute atomic E-state index is 0.983. The molecule has 0 spiro atoms. The molecule has 0 aromatic heterocycles. The standard InChI is InChI=1S/C9H16N/c1-3-7-10(2)8-5-4-6-9-10/h4-6,8-9H2,1-2H3/q+1. The van der Waals surface area contributed by atoms with Crippen molar-refractivity contribution in [2.45, 2.75) is 26.2 Å². The molecule has 1 fully saturated rings. The predicted octanol–water partition coefficient (Wildman–Crippen LogP) is 1.60. The Morgan fingerprint density at radius 2 is 1.70 bits per heavy atom. The molecular weight excluding hydrogens is 122 g/mol. The van der Waals surface area contributed by atoms with Gasteiger partial charge in [0.15, 0.2) is 0 Å². The molecule has 1 nitrogen and oxygen atoms in total. The van der Waals surface area contributed by atoms with Crippen LogP contribution in [0.4, 0.5) is 0 Å². The minimum atomic E-state index is 0.983. The molecule has 0 aliphatic carbocycles. The fraction of sp³-hybridized carbons (Fsp3) is 0.778. The van der Waals surface area contributed by atoms with E-state index < -0.39 is 0 Å². The van der Waals surface area contributed by atoms with Gasteiger partial charge in [-0.2, -0.15) is 0 Å². The summed E-state index contributed by atoms with van der Waals surface area (Å²) in [5.74, 6) is 3.00. The van der Waals surface area contributed by atoms with E-state index in [4.69, 9.17) is 0 Å². The minimum Gasteiger partial charge on any atom is -0.249 e. The Bertz CT molecular complexity index is 155. The second kappa shape index (κ2) is 3.07. The van der Waals surface area contributed by atoms with E-state index in [9.17, 15) is 0 Å². The molecule has 0 bridgehead atoms. The largest absolute Gasteiger partial charge is 0.249 e. The topological polar surface area (TPSA) is 0 Å². The Hall–Kier alpha value is -0.480. The van der Waals surface area contributed by atoms with E-state index in [0.29, 0.717) is 0 Å². The molecule has 1 aliphatic heterocycles. The summed E-state index contributed by atoms with van der Waals surface area (Å²) in [6.07, 6.45) is 4.11. The molecule has 1 saturated heterocycles. The normalized spacial score (nSPS) is 23.0. The molecular formula is C9H16N+. The number of quaternary nitrogens is 1. The van der Waals surface area contributed by atoms with E-state index >= 15 is 0 Å². The smallest absolute Gasteiger partial charge is 0.136 e. The van der Waals surface area contributed by atoms with Crippen molar-refractivity contribution in [3.63, 3.8) is 0 Å². The average molecular weight is 138 g/mol. The number of piperidine rings is 1. The van der Waals surface area contributed by atoms with Crippen LogP contribution in [0.15, 0.2) is 0 Å². The summed E-state index contributed by atoms with van der Waals surface area (Å²) in [5.41, 5.74) is 0. The van der Waals surface area contributed by atoms with Gasteiger partial charge in [0.25, 0.3) is 0 Å². The number of nitrogens with zero attached hydrogens (tertiary/aromatic N) is 1. The second-order valence-corrected chi connectivity index (χ2v) is 3.27. The van der Waals surface area contributed by atoms with Crippen molar-refractivity contribution in [1.82, 2.24) is 0 Å². The first kappa shape index (κ1) is 7.63. The molecule has 0 atom stereocenters. The first-order valence-electron chi connectivity index (χ1n) is 4.05. The summed E-state index contributed by atoms with van der Waals surface area (Å²) in [6.45, 7) is 4.43. The van der Waals surface area contributed by atoms with E-state index in [-0.39, 0.29) is 0 Å². The van der Waals surface area contributed by atoms with Crippen LogP contribution >= 0.6 is 0 Å². The molecule has 10 heavy (non-hydrogen) atoms. The Morgan fingerprint density at radius 1 is 1.10 bits per heavy atom. The van der Waals surface area contributed by atoms with Gasteiger partial charge in [0.1, 0.15) is 6.04 Å². The van der Waals surface area contributed by atoms with Crippen molar-refractivity contribution < 1.29 is 4.48 Å². The van der Waals surface area contributed by atoms with E-state index in [0.717, 1.165) is 4.48 Å². The van der Waals surface area contributed by atoms with Gasteiger partial charge in [-0.25, -0.2) is 4.48 Å². The molecule has 0 radical (unpaired) electrons. The molecule has 1 aliphatic rings. The summed E-state index contributed by atoms with van der Waals surface area (Å²) in [4.78, 5) is 0. The lowest BCUT2D eigenvalue weighted by Gasteiger charge is -2.30. The summed E-state index contributed by atoms with van der Waals surface area (Å²) in [6, 6.07) is 3.25. The Balaban J connectivity index is 2.53. The van der Waals surface area contributed by atoms with Crippen LogP contribution in [0.25, 0.3) is 0 Å². The van der Waals surface area contributed by atoms with Crippen LogP contribution in [0.5, 0.6) is 0 Å². The molecule has 1 heteroatoms. The van der Waals surface area contributed by atoms with Crippen LogP contribution in [0.1, 0.15) is 26.2 Å². The van der Waals surface area contributed by atoms with Crippen molar-refractivity contribution >= 4 is 0 Å². The maximum Gasteiger partial charge on any atom is 0.136 e. The molecule has 0 amide bonds. The van der Waals surface area contributed by atoms with E-state index in [1.807, 2.05) is 6.92 Å². The molecule has 0 aromatic carbocycles. The highest BCUT2D eigenvalue weighted by atomic mass is 15.3. The third kappa shape index (κ3) is 1.75. The molecule has 1 rings (SSSR count). The monoisotopic (exact) mass is 138 g/mol. The SMILES string of the molecule is CC#C[N+]1(C)CCCCC1. The third-order valence-corrected chi connectivity index (χ3v) is 2.18. The fourth-order valence-corrected chi connectivity index (χ4v) is 1.59. The number of hydrogen-bond donors (Lipinski definition) is 0. The molecule has 0 saturated carbocycles. The summed E-state index contributed by atoms with van der Waals surface area (Å²) < 4.78 is 0.983. The lowest BCUT2D eigenvalue weighted by Crippen LogP contribution is -2.43. The first-order chi connectivity index (χ1) is 4.77. The van der Waals surface area contributed by atoms with Gasteiger partial charge < -0.3 is 0 Å². The Labute approximate surface area is 63.6 Å². The highest BCUT2D eigenvalue weighted by Crippen LogP contribution is 2.14. The van der Waals surface area contributed by atoms with Gasteiger partial charge in [-0.1, -0.05) is 0 Å². The zero-order valence-corrected chi connectivity index (χ0v) is 6.98. The molecule has 0 aromatic rings. The van der Waals surface area contributed by atoms with Gasteiger partial charge in [-0.15, -0.1) is 0 Å². The maximum atomic E-state index is 3.25. The molecule has 1 heterocycles. The number of rotatable bonds is 0. The van der Waals surface area contributed by atoms with Crippen LogP contribution in [0, 0.1) is 12.0 Å². The molecule has 0 N–H and O–H groups in total. The van der Waals surface area contributed by atoms with Crippen LogP contribution in [0.2, 0.25) is 0 Å². The van der Waals surface area contributed by atoms with E-state index in [2.05, 4.69) is 19.0 Å². The summed E-state index contributed by atoms with van der Waals surface area (Å²) >= 11 is 0. The highest BCUT2D eigenvalue weighted by molar-refractivity contribution is 4.86. The van der Waals surface area contributed by atoms with Crippen molar-refractivity contribution in [2.75, 3.05) is 20.1 Å². The van der Waals surface area contributed by atoms with Crippen molar-refractivity contribution in [3.8, 4) is 12.0 Å². The maximum absolute atomic E-state index is 3.25. The van der Waals surface area contributed by atoms with Gasteiger partial charge in [-0.05, 0) is 25.2 Å². The second-order valence-electron chi connectivity index (χ2n) is 3.27. The van der Waals surface area contributed by atoms with Crippen LogP contribution < -0.4 is 0 Å². The lowest BCUT2D eigenvalue weighted by atomic mass is 10.1. The van der Waals surface area contributed by atoms with Crippen molar-refractivity contribution in [3.05, 3.63) is 0 Å². The van der Waals surface area contributed by atoms with Gasteiger partial charge in [0.05, 0.1) is 20.1 Å². The fourth-order valence-electron chi connectivity index (χ4n) is 1.59. The zero-order valence-electron chi connectivity index (χ0n) is 6.98. The summed E-state index contributed by atoms with van der Waals surface area (Å²) in [7, 11) is 2.23.